The molecule has 1 aromatic heterocycles. The molecule has 0 unspecified atom stereocenters. The number of carbonyl (C=O) groups excluding carboxylic acids is 1. The Balaban J connectivity index is 1.90. The Morgan fingerprint density at radius 2 is 1.84 bits per heavy atom. The summed E-state index contributed by atoms with van der Waals surface area (Å²) < 4.78 is 24.1. The lowest BCUT2D eigenvalue weighted by Gasteiger charge is -2.19. The fourth-order valence-electron chi connectivity index (χ4n) is 4.65. The predicted molar refractivity (Wildman–Crippen MR) is 177 cm³/mol. The highest BCUT2D eigenvalue weighted by atomic mass is 79.9. The Bertz CT molecular complexity index is 1790. The molecular formula is C33H35BrClN3O6. The van der Waals surface area contributed by atoms with Gasteiger partial charge in [0.1, 0.15) is 10.8 Å². The summed E-state index contributed by atoms with van der Waals surface area (Å²) in [5, 5.41) is 5.23. The molecule has 0 aliphatic carbocycles. The number of halogens is 2. The van der Waals surface area contributed by atoms with Gasteiger partial charge in [0.05, 0.1) is 37.4 Å². The van der Waals surface area contributed by atoms with E-state index in [-0.39, 0.29) is 28.9 Å². The zero-order valence-electron chi connectivity index (χ0n) is 25.7. The molecule has 0 spiro atoms. The maximum atomic E-state index is 13.9. The van der Waals surface area contributed by atoms with Crippen LogP contribution in [0.15, 0.2) is 56.8 Å². The number of benzene rings is 3. The van der Waals surface area contributed by atoms with Gasteiger partial charge in [-0.25, -0.2) is 9.78 Å². The Hall–Kier alpha value is -3.89. The normalized spacial score (nSPS) is 12.1. The van der Waals surface area contributed by atoms with Gasteiger partial charge in [-0.1, -0.05) is 37.6 Å². The number of para-hydroxylation sites is 1. The summed E-state index contributed by atoms with van der Waals surface area (Å²) in [7, 11) is 1.64. The van der Waals surface area contributed by atoms with E-state index in [1.54, 1.807) is 45.2 Å². The summed E-state index contributed by atoms with van der Waals surface area (Å²) in [6.07, 6.45) is 0.576. The lowest BCUT2D eigenvalue weighted by atomic mass is 9.96. The van der Waals surface area contributed by atoms with Crippen LogP contribution >= 0.6 is 27.5 Å². The fraction of sp³-hybridized carbons (Fsp3) is 0.333. The van der Waals surface area contributed by atoms with Crippen LogP contribution < -0.4 is 19.8 Å². The van der Waals surface area contributed by atoms with Crippen LogP contribution in [0.2, 0.25) is 5.02 Å². The molecule has 0 amide bonds. The number of esters is 1. The van der Waals surface area contributed by atoms with Crippen LogP contribution in [-0.2, 0) is 9.53 Å². The highest BCUT2D eigenvalue weighted by Crippen LogP contribution is 2.43. The van der Waals surface area contributed by atoms with Gasteiger partial charge in [0.2, 0.25) is 0 Å². The van der Waals surface area contributed by atoms with Gasteiger partial charge in [0.25, 0.3) is 5.56 Å². The molecule has 0 aliphatic heterocycles. The molecule has 4 rings (SSSR count). The molecule has 3 aromatic carbocycles. The molecule has 9 nitrogen and oxygen atoms in total. The monoisotopic (exact) mass is 683 g/mol. The average Bonchev–Trinajstić information content (AvgIpc) is 3.00. The minimum absolute atomic E-state index is 0.163. The number of rotatable bonds is 11. The Morgan fingerprint density at radius 3 is 2.50 bits per heavy atom. The van der Waals surface area contributed by atoms with Gasteiger partial charge in [-0.15, -0.1) is 0 Å². The number of nitrogens with zero attached hydrogens (tertiary/aromatic N) is 3. The SMILES string of the molecule is CCOC(=O)[C@@H](C)Oc1c(OCC)cc(C=Nn2c(-c3cc(C(C)C)c(OC)cc3C)nc3ccccc3c2=O)c(Br)c1Cl. The van der Waals surface area contributed by atoms with Crippen molar-refractivity contribution in [2.45, 2.75) is 53.6 Å². The van der Waals surface area contributed by atoms with Gasteiger partial charge >= 0.3 is 5.97 Å². The number of hydrogen-bond acceptors (Lipinski definition) is 8. The van der Waals surface area contributed by atoms with Gasteiger partial charge in [-0.2, -0.15) is 9.78 Å². The number of methoxy groups -OCH3 is 1. The maximum Gasteiger partial charge on any atom is 0.347 e. The van der Waals surface area contributed by atoms with Crippen LogP contribution in [0.1, 0.15) is 57.2 Å². The Morgan fingerprint density at radius 1 is 1.11 bits per heavy atom. The van der Waals surface area contributed by atoms with E-state index >= 15 is 0 Å². The van der Waals surface area contributed by atoms with Crippen LogP contribution in [0.5, 0.6) is 17.2 Å². The molecule has 0 saturated heterocycles. The Kier molecular flexibility index (Phi) is 10.7. The summed E-state index contributed by atoms with van der Waals surface area (Å²) in [6.45, 7) is 11.7. The van der Waals surface area contributed by atoms with Crippen molar-refractivity contribution in [2.24, 2.45) is 5.10 Å². The average molecular weight is 685 g/mol. The van der Waals surface area contributed by atoms with Crippen LogP contribution in [0.3, 0.4) is 0 Å². The fourth-order valence-corrected chi connectivity index (χ4v) is 5.29. The first-order valence-electron chi connectivity index (χ1n) is 14.2. The minimum atomic E-state index is -0.925. The van der Waals surface area contributed by atoms with Gasteiger partial charge in [-0.3, -0.25) is 4.79 Å². The van der Waals surface area contributed by atoms with E-state index in [0.717, 1.165) is 22.4 Å². The number of aromatic nitrogens is 2. The minimum Gasteiger partial charge on any atom is -0.496 e. The van der Waals surface area contributed by atoms with Crippen molar-refractivity contribution in [1.29, 1.82) is 0 Å². The molecule has 4 aromatic rings. The summed E-state index contributed by atoms with van der Waals surface area (Å²) in [5.41, 5.74) is 3.33. The number of carbonyl (C=O) groups is 1. The standard InChI is InChI=1S/C33H35BrClN3O6/c1-8-42-27-15-21(28(34)29(35)30(27)44-20(6)33(40)43-9-2)17-36-38-31(37-25-13-11-10-12-22(25)32(38)39)24-16-23(18(3)4)26(41-7)14-19(24)5/h10-18,20H,8-9H2,1-7H3/t20-/m1/s1. The zero-order chi connectivity index (χ0) is 32.1. The van der Waals surface area contributed by atoms with Crippen molar-refractivity contribution >= 4 is 50.6 Å². The van der Waals surface area contributed by atoms with Crippen molar-refractivity contribution in [1.82, 2.24) is 9.66 Å². The lowest BCUT2D eigenvalue weighted by Crippen LogP contribution is -2.26. The van der Waals surface area contributed by atoms with Gasteiger partial charge in [-0.05, 0) is 91.0 Å². The molecule has 0 radical (unpaired) electrons. The van der Waals surface area contributed by atoms with E-state index < -0.39 is 12.1 Å². The zero-order valence-corrected chi connectivity index (χ0v) is 28.1. The first kappa shape index (κ1) is 33.0. The van der Waals surface area contributed by atoms with Gasteiger partial charge in [0.15, 0.2) is 23.4 Å². The van der Waals surface area contributed by atoms with Crippen molar-refractivity contribution < 1.29 is 23.7 Å². The number of fused-ring (bicyclic) bond motifs is 1. The van der Waals surface area contributed by atoms with E-state index in [0.29, 0.717) is 39.1 Å². The van der Waals surface area contributed by atoms with Crippen LogP contribution in [0, 0.1) is 6.92 Å². The lowest BCUT2D eigenvalue weighted by molar-refractivity contribution is -0.150. The highest BCUT2D eigenvalue weighted by Gasteiger charge is 2.24. The predicted octanol–water partition coefficient (Wildman–Crippen LogP) is 7.53. The van der Waals surface area contributed by atoms with E-state index in [1.807, 2.05) is 32.0 Å². The van der Waals surface area contributed by atoms with E-state index in [9.17, 15) is 9.59 Å². The molecule has 11 heteroatoms. The molecule has 0 aliphatic rings. The van der Waals surface area contributed by atoms with Crippen molar-refractivity contribution in [2.75, 3.05) is 20.3 Å². The highest BCUT2D eigenvalue weighted by molar-refractivity contribution is 9.10. The van der Waals surface area contributed by atoms with E-state index in [1.165, 1.54) is 10.9 Å². The smallest absolute Gasteiger partial charge is 0.347 e. The second kappa shape index (κ2) is 14.3. The second-order valence-electron chi connectivity index (χ2n) is 10.2. The maximum absolute atomic E-state index is 13.9. The largest absolute Gasteiger partial charge is 0.496 e. The summed E-state index contributed by atoms with van der Waals surface area (Å²) >= 11 is 10.3. The topological polar surface area (TPSA) is 101 Å². The number of ether oxygens (including phenoxy) is 4. The molecule has 0 bridgehead atoms. The molecular weight excluding hydrogens is 650 g/mol. The number of aryl methyl sites for hydroxylation is 1. The Labute approximate surface area is 269 Å². The molecule has 0 N–H and O–H groups in total. The van der Waals surface area contributed by atoms with Crippen molar-refractivity contribution in [3.63, 3.8) is 0 Å². The molecule has 232 valence electrons. The second-order valence-corrected chi connectivity index (χ2v) is 11.4. The van der Waals surface area contributed by atoms with Crippen LogP contribution in [-0.4, -0.2) is 48.3 Å². The summed E-state index contributed by atoms with van der Waals surface area (Å²) in [6, 6.07) is 12.8. The van der Waals surface area contributed by atoms with Crippen molar-refractivity contribution in [3.8, 4) is 28.6 Å². The van der Waals surface area contributed by atoms with Crippen molar-refractivity contribution in [3.05, 3.63) is 79.0 Å². The molecule has 0 saturated carbocycles. The number of hydrogen-bond donors (Lipinski definition) is 0. The third-order valence-corrected chi connectivity index (χ3v) is 8.32. The summed E-state index contributed by atoms with van der Waals surface area (Å²) in [4.78, 5) is 31.0. The van der Waals surface area contributed by atoms with E-state index in [4.69, 9.17) is 35.5 Å². The first-order valence-corrected chi connectivity index (χ1v) is 15.4. The molecule has 0 fully saturated rings. The first-order chi connectivity index (χ1) is 21.0. The summed E-state index contributed by atoms with van der Waals surface area (Å²) in [5.74, 6) is 1.26. The third-order valence-electron chi connectivity index (χ3n) is 6.87. The van der Waals surface area contributed by atoms with Crippen LogP contribution in [0.4, 0.5) is 0 Å². The third kappa shape index (κ3) is 6.76. The van der Waals surface area contributed by atoms with Crippen LogP contribution in [0.25, 0.3) is 22.3 Å². The van der Waals surface area contributed by atoms with Gasteiger partial charge in [0, 0.05) is 15.6 Å². The molecule has 44 heavy (non-hydrogen) atoms. The molecule has 1 heterocycles. The quantitative estimate of drug-likeness (QED) is 0.119. The van der Waals surface area contributed by atoms with Gasteiger partial charge < -0.3 is 18.9 Å². The van der Waals surface area contributed by atoms with E-state index in [2.05, 4.69) is 34.9 Å². The molecule has 1 atom stereocenters.